The van der Waals surface area contributed by atoms with Crippen LogP contribution in [0.15, 0.2) is 46.9 Å². The highest BCUT2D eigenvalue weighted by Gasteiger charge is 2.23. The largest absolute Gasteiger partial charge is 0.419 e. The lowest BCUT2D eigenvalue weighted by Gasteiger charge is -2.22. The van der Waals surface area contributed by atoms with E-state index in [2.05, 4.69) is 15.6 Å². The number of aromatic nitrogens is 1. The minimum absolute atomic E-state index is 0.0498. The van der Waals surface area contributed by atoms with Gasteiger partial charge in [-0.25, -0.2) is 9.37 Å². The number of primary amides is 1. The summed E-state index contributed by atoms with van der Waals surface area (Å²) in [6, 6.07) is 11.0. The van der Waals surface area contributed by atoms with E-state index in [1.165, 1.54) is 24.6 Å². The van der Waals surface area contributed by atoms with E-state index >= 15 is 0 Å². The van der Waals surface area contributed by atoms with Crippen molar-refractivity contribution >= 4 is 35.0 Å². The molecule has 32 heavy (non-hydrogen) atoms. The number of hydrogen-bond donors (Lipinski definition) is 3. The van der Waals surface area contributed by atoms with Gasteiger partial charge >= 0.3 is 0 Å². The molecule has 4 N–H and O–H groups in total. The van der Waals surface area contributed by atoms with Crippen molar-refractivity contribution in [1.29, 1.82) is 0 Å². The van der Waals surface area contributed by atoms with Crippen molar-refractivity contribution in [3.63, 3.8) is 0 Å². The lowest BCUT2D eigenvalue weighted by molar-refractivity contribution is 0.0926. The SMILES string of the molecule is NC(=O)c1nc(-c2c(F)cccc2Cl)oc1Nc1ccc(C(=O)NC2CCCCC2)cc1. The predicted molar refractivity (Wildman–Crippen MR) is 119 cm³/mol. The van der Waals surface area contributed by atoms with Crippen LogP contribution in [0.3, 0.4) is 0 Å². The van der Waals surface area contributed by atoms with Crippen LogP contribution in [0.1, 0.15) is 53.0 Å². The summed E-state index contributed by atoms with van der Waals surface area (Å²) in [5, 5.41) is 6.05. The fourth-order valence-electron chi connectivity index (χ4n) is 3.73. The van der Waals surface area contributed by atoms with Gasteiger partial charge in [0, 0.05) is 17.3 Å². The highest BCUT2D eigenvalue weighted by atomic mass is 35.5. The normalized spacial score (nSPS) is 14.2. The van der Waals surface area contributed by atoms with Gasteiger partial charge in [0.25, 0.3) is 11.8 Å². The molecule has 1 aliphatic carbocycles. The number of amides is 2. The number of benzene rings is 2. The van der Waals surface area contributed by atoms with E-state index in [1.54, 1.807) is 24.3 Å². The van der Waals surface area contributed by atoms with E-state index in [0.29, 0.717) is 11.3 Å². The molecular weight excluding hydrogens is 435 g/mol. The molecular formula is C23H22ClFN4O3. The van der Waals surface area contributed by atoms with Crippen molar-refractivity contribution in [2.24, 2.45) is 5.73 Å². The van der Waals surface area contributed by atoms with Crippen molar-refractivity contribution in [2.45, 2.75) is 38.1 Å². The van der Waals surface area contributed by atoms with E-state index in [4.69, 9.17) is 21.8 Å². The van der Waals surface area contributed by atoms with E-state index in [1.807, 2.05) is 0 Å². The van der Waals surface area contributed by atoms with Crippen LogP contribution in [-0.2, 0) is 0 Å². The van der Waals surface area contributed by atoms with Crippen LogP contribution in [0.5, 0.6) is 0 Å². The van der Waals surface area contributed by atoms with Crippen molar-refractivity contribution < 1.29 is 18.4 Å². The minimum atomic E-state index is -0.849. The first kappa shape index (κ1) is 21.8. The maximum atomic E-state index is 14.2. The van der Waals surface area contributed by atoms with Crippen LogP contribution in [0, 0.1) is 5.82 Å². The number of nitrogens with one attached hydrogen (secondary N) is 2. The highest BCUT2D eigenvalue weighted by molar-refractivity contribution is 6.33. The third kappa shape index (κ3) is 4.75. The molecule has 0 bridgehead atoms. The number of carbonyl (C=O) groups is 2. The van der Waals surface area contributed by atoms with Gasteiger partial charge in [0.15, 0.2) is 5.69 Å². The van der Waals surface area contributed by atoms with Gasteiger partial charge in [0.05, 0.1) is 10.6 Å². The summed E-state index contributed by atoms with van der Waals surface area (Å²) in [6.45, 7) is 0. The fraction of sp³-hybridized carbons (Fsp3) is 0.261. The van der Waals surface area contributed by atoms with E-state index in [-0.39, 0.29) is 40.0 Å². The van der Waals surface area contributed by atoms with Gasteiger partial charge in [-0.2, -0.15) is 0 Å². The van der Waals surface area contributed by atoms with Crippen molar-refractivity contribution in [3.8, 4) is 11.5 Å². The molecule has 7 nitrogen and oxygen atoms in total. The smallest absolute Gasteiger partial charge is 0.273 e. The molecule has 4 rings (SSSR count). The molecule has 0 spiro atoms. The summed E-state index contributed by atoms with van der Waals surface area (Å²) in [5.74, 6) is -1.84. The second-order valence-electron chi connectivity index (χ2n) is 7.67. The molecule has 0 unspecified atom stereocenters. The fourth-order valence-corrected chi connectivity index (χ4v) is 3.98. The van der Waals surface area contributed by atoms with Gasteiger partial charge < -0.3 is 20.8 Å². The van der Waals surface area contributed by atoms with Gasteiger partial charge in [-0.15, -0.1) is 0 Å². The van der Waals surface area contributed by atoms with E-state index in [9.17, 15) is 14.0 Å². The molecule has 0 aliphatic heterocycles. The Morgan fingerprint density at radius 3 is 2.47 bits per heavy atom. The van der Waals surface area contributed by atoms with Crippen molar-refractivity contribution in [1.82, 2.24) is 10.3 Å². The Morgan fingerprint density at radius 1 is 1.09 bits per heavy atom. The summed E-state index contributed by atoms with van der Waals surface area (Å²) < 4.78 is 19.8. The lowest BCUT2D eigenvalue weighted by atomic mass is 9.95. The number of rotatable bonds is 6. The summed E-state index contributed by atoms with van der Waals surface area (Å²) >= 11 is 6.07. The maximum absolute atomic E-state index is 14.2. The Hall–Kier alpha value is -3.39. The molecule has 1 aliphatic rings. The first-order valence-corrected chi connectivity index (χ1v) is 10.7. The van der Waals surface area contributed by atoms with Gasteiger partial charge in [-0.3, -0.25) is 9.59 Å². The topological polar surface area (TPSA) is 110 Å². The molecule has 1 fully saturated rings. The molecule has 0 saturated heterocycles. The molecule has 166 valence electrons. The number of nitrogens with zero attached hydrogens (tertiary/aromatic N) is 1. The zero-order chi connectivity index (χ0) is 22.7. The second-order valence-corrected chi connectivity index (χ2v) is 8.08. The minimum Gasteiger partial charge on any atom is -0.419 e. The number of halogens is 2. The third-order valence-corrected chi connectivity index (χ3v) is 5.70. The van der Waals surface area contributed by atoms with Crippen LogP contribution >= 0.6 is 11.6 Å². The van der Waals surface area contributed by atoms with Gasteiger partial charge in [-0.05, 0) is 49.2 Å². The number of nitrogens with two attached hydrogens (primary N) is 1. The van der Waals surface area contributed by atoms with E-state index < -0.39 is 11.7 Å². The summed E-state index contributed by atoms with van der Waals surface area (Å²) in [7, 11) is 0. The average Bonchev–Trinajstić information content (AvgIpc) is 3.18. The molecule has 1 heterocycles. The lowest BCUT2D eigenvalue weighted by Crippen LogP contribution is -2.36. The first-order valence-electron chi connectivity index (χ1n) is 10.4. The molecule has 9 heteroatoms. The van der Waals surface area contributed by atoms with Crippen LogP contribution in [-0.4, -0.2) is 22.8 Å². The molecule has 3 aromatic rings. The van der Waals surface area contributed by atoms with Gasteiger partial charge in [-0.1, -0.05) is 36.9 Å². The molecule has 2 amide bonds. The predicted octanol–water partition coefficient (Wildman–Crippen LogP) is 5.04. The highest BCUT2D eigenvalue weighted by Crippen LogP contribution is 2.34. The zero-order valence-electron chi connectivity index (χ0n) is 17.2. The van der Waals surface area contributed by atoms with Gasteiger partial charge in [0.2, 0.25) is 11.8 Å². The Morgan fingerprint density at radius 2 is 1.81 bits per heavy atom. The molecule has 0 radical (unpaired) electrons. The Labute approximate surface area is 189 Å². The summed E-state index contributed by atoms with van der Waals surface area (Å²) in [5.41, 5.74) is 6.19. The molecule has 1 saturated carbocycles. The number of hydrogen-bond acceptors (Lipinski definition) is 5. The average molecular weight is 457 g/mol. The first-order chi connectivity index (χ1) is 15.4. The van der Waals surface area contributed by atoms with Crippen LogP contribution < -0.4 is 16.4 Å². The number of oxazole rings is 1. The second kappa shape index (κ2) is 9.40. The zero-order valence-corrected chi connectivity index (χ0v) is 17.9. The van der Waals surface area contributed by atoms with E-state index in [0.717, 1.165) is 25.7 Å². The Bertz CT molecular complexity index is 1120. The van der Waals surface area contributed by atoms with Crippen molar-refractivity contribution in [2.75, 3.05) is 5.32 Å². The monoisotopic (exact) mass is 456 g/mol. The van der Waals surface area contributed by atoms with Crippen molar-refractivity contribution in [3.05, 3.63) is 64.6 Å². The standard InChI is InChI=1S/C23H22ClFN4O3/c24-16-7-4-8-17(25)18(16)22-29-19(20(26)30)23(32-22)28-15-11-9-13(10-12-15)21(31)27-14-5-2-1-3-6-14/h4,7-12,14,28H,1-3,5-6H2,(H2,26,30)(H,27,31). The Balaban J connectivity index is 1.53. The summed E-state index contributed by atoms with van der Waals surface area (Å²) in [4.78, 5) is 28.3. The molecule has 0 atom stereocenters. The maximum Gasteiger partial charge on any atom is 0.273 e. The summed E-state index contributed by atoms with van der Waals surface area (Å²) in [6.07, 6.45) is 5.48. The quantitative estimate of drug-likeness (QED) is 0.481. The van der Waals surface area contributed by atoms with Crippen LogP contribution in [0.25, 0.3) is 11.5 Å². The Kier molecular flexibility index (Phi) is 6.41. The number of anilines is 2. The van der Waals surface area contributed by atoms with Crippen LogP contribution in [0.2, 0.25) is 5.02 Å². The number of carbonyl (C=O) groups excluding carboxylic acids is 2. The third-order valence-electron chi connectivity index (χ3n) is 5.38. The molecule has 1 aromatic heterocycles. The van der Waals surface area contributed by atoms with Crippen LogP contribution in [0.4, 0.5) is 16.0 Å². The van der Waals surface area contributed by atoms with Gasteiger partial charge in [0.1, 0.15) is 5.82 Å². The molecule has 2 aromatic carbocycles.